The van der Waals surface area contributed by atoms with Crippen LogP contribution in [0.15, 0.2) is 24.4 Å². The van der Waals surface area contributed by atoms with Crippen LogP contribution < -0.4 is 0 Å². The molecule has 2 aromatic rings. The fourth-order valence-corrected chi connectivity index (χ4v) is 2.03. The van der Waals surface area contributed by atoms with Crippen LogP contribution >= 0.6 is 0 Å². The van der Waals surface area contributed by atoms with Crippen LogP contribution in [0, 0.1) is 20.8 Å². The van der Waals surface area contributed by atoms with Crippen molar-refractivity contribution in [3.63, 3.8) is 0 Å². The quantitative estimate of drug-likeness (QED) is 0.749. The second-order valence-corrected chi connectivity index (χ2v) is 4.33. The fourth-order valence-electron chi connectivity index (χ4n) is 2.03. The Hall–Kier alpha value is -1.57. The van der Waals surface area contributed by atoms with Crippen molar-refractivity contribution in [1.82, 2.24) is 9.78 Å². The average Bonchev–Trinajstić information content (AvgIpc) is 2.59. The molecule has 16 heavy (non-hydrogen) atoms. The van der Waals surface area contributed by atoms with E-state index in [-0.39, 0.29) is 0 Å². The number of nitrogens with zero attached hydrogens (tertiary/aromatic N) is 2. The fraction of sp³-hybridized carbons (Fsp3) is 0.357. The van der Waals surface area contributed by atoms with Crippen molar-refractivity contribution in [2.24, 2.45) is 0 Å². The Labute approximate surface area is 96.9 Å². The van der Waals surface area contributed by atoms with E-state index in [4.69, 9.17) is 0 Å². The first-order valence-corrected chi connectivity index (χ1v) is 5.74. The van der Waals surface area contributed by atoms with Crippen LogP contribution in [0.5, 0.6) is 0 Å². The third-order valence-electron chi connectivity index (χ3n) is 2.98. The van der Waals surface area contributed by atoms with Gasteiger partial charge in [0, 0.05) is 6.20 Å². The number of rotatable bonds is 2. The zero-order valence-corrected chi connectivity index (χ0v) is 10.4. The molecule has 2 heteroatoms. The van der Waals surface area contributed by atoms with Crippen LogP contribution in [0.1, 0.15) is 29.3 Å². The second kappa shape index (κ2) is 4.12. The number of benzene rings is 1. The van der Waals surface area contributed by atoms with Crippen molar-refractivity contribution in [2.45, 2.75) is 34.1 Å². The molecule has 0 saturated carbocycles. The third kappa shape index (κ3) is 1.87. The van der Waals surface area contributed by atoms with E-state index in [1.165, 1.54) is 22.4 Å². The summed E-state index contributed by atoms with van der Waals surface area (Å²) in [4.78, 5) is 0. The van der Waals surface area contributed by atoms with E-state index >= 15 is 0 Å². The lowest BCUT2D eigenvalue weighted by molar-refractivity contribution is 0.855. The highest BCUT2D eigenvalue weighted by atomic mass is 15.3. The van der Waals surface area contributed by atoms with Gasteiger partial charge in [0.25, 0.3) is 0 Å². The highest BCUT2D eigenvalue weighted by Crippen LogP contribution is 2.17. The van der Waals surface area contributed by atoms with Crippen molar-refractivity contribution in [2.75, 3.05) is 0 Å². The highest BCUT2D eigenvalue weighted by molar-refractivity contribution is 5.42. The zero-order chi connectivity index (χ0) is 11.7. The molecule has 0 spiro atoms. The van der Waals surface area contributed by atoms with Gasteiger partial charge in [-0.1, -0.05) is 24.6 Å². The maximum atomic E-state index is 4.56. The van der Waals surface area contributed by atoms with E-state index in [0.717, 1.165) is 12.1 Å². The van der Waals surface area contributed by atoms with Gasteiger partial charge in [-0.15, -0.1) is 0 Å². The van der Waals surface area contributed by atoms with E-state index in [9.17, 15) is 0 Å². The second-order valence-electron chi connectivity index (χ2n) is 4.33. The first kappa shape index (κ1) is 10.9. The lowest BCUT2D eigenvalue weighted by Crippen LogP contribution is -1.98. The van der Waals surface area contributed by atoms with Crippen LogP contribution in [-0.2, 0) is 6.42 Å². The molecule has 0 fully saturated rings. The highest BCUT2D eigenvalue weighted by Gasteiger charge is 2.06. The standard InChI is InChI=1S/C14H18N2/c1-5-13-9-16(15-12(13)4)14-7-6-10(2)8-11(14)3/h6-9H,5H2,1-4H3. The monoisotopic (exact) mass is 214 g/mol. The minimum atomic E-state index is 1.04. The van der Waals surface area contributed by atoms with E-state index in [2.05, 4.69) is 57.2 Å². The topological polar surface area (TPSA) is 17.8 Å². The lowest BCUT2D eigenvalue weighted by atomic mass is 10.1. The summed E-state index contributed by atoms with van der Waals surface area (Å²) in [6.45, 7) is 8.47. The lowest BCUT2D eigenvalue weighted by Gasteiger charge is -2.06. The predicted octanol–water partition coefficient (Wildman–Crippen LogP) is 3.36. The maximum absolute atomic E-state index is 4.56. The Bertz CT molecular complexity index is 509. The van der Waals surface area contributed by atoms with Crippen molar-refractivity contribution in [3.05, 3.63) is 46.8 Å². The summed E-state index contributed by atoms with van der Waals surface area (Å²) in [7, 11) is 0. The first-order chi connectivity index (χ1) is 7.61. The number of aromatic nitrogens is 2. The minimum Gasteiger partial charge on any atom is -0.240 e. The summed E-state index contributed by atoms with van der Waals surface area (Å²) in [5, 5.41) is 4.56. The van der Waals surface area contributed by atoms with Crippen molar-refractivity contribution in [1.29, 1.82) is 0 Å². The normalized spacial score (nSPS) is 10.8. The van der Waals surface area contributed by atoms with Crippen LogP contribution in [-0.4, -0.2) is 9.78 Å². The Morgan fingerprint density at radius 3 is 2.50 bits per heavy atom. The van der Waals surface area contributed by atoms with Gasteiger partial charge in [-0.2, -0.15) is 5.10 Å². The molecule has 1 heterocycles. The van der Waals surface area contributed by atoms with Gasteiger partial charge in [-0.3, -0.25) is 0 Å². The summed E-state index contributed by atoms with van der Waals surface area (Å²) < 4.78 is 1.99. The Kier molecular flexibility index (Phi) is 2.82. The molecule has 0 saturated heterocycles. The molecule has 0 aliphatic carbocycles. The molecular formula is C14H18N2. The van der Waals surface area contributed by atoms with Gasteiger partial charge in [0.05, 0.1) is 11.4 Å². The number of aryl methyl sites for hydroxylation is 4. The van der Waals surface area contributed by atoms with Crippen LogP contribution in [0.25, 0.3) is 5.69 Å². The maximum Gasteiger partial charge on any atom is 0.0675 e. The largest absolute Gasteiger partial charge is 0.240 e. The minimum absolute atomic E-state index is 1.04. The van der Waals surface area contributed by atoms with Crippen molar-refractivity contribution < 1.29 is 0 Å². The van der Waals surface area contributed by atoms with Gasteiger partial charge < -0.3 is 0 Å². The van der Waals surface area contributed by atoms with Gasteiger partial charge in [0.2, 0.25) is 0 Å². The first-order valence-electron chi connectivity index (χ1n) is 5.74. The SMILES string of the molecule is CCc1cn(-c2ccc(C)cc2C)nc1C. The molecule has 2 nitrogen and oxygen atoms in total. The van der Waals surface area contributed by atoms with Crippen molar-refractivity contribution >= 4 is 0 Å². The number of hydrogen-bond donors (Lipinski definition) is 0. The molecular weight excluding hydrogens is 196 g/mol. The molecule has 0 atom stereocenters. The molecule has 0 aliphatic heterocycles. The zero-order valence-electron chi connectivity index (χ0n) is 10.4. The molecule has 0 unspecified atom stereocenters. The van der Waals surface area contributed by atoms with Crippen LogP contribution in [0.4, 0.5) is 0 Å². The number of hydrogen-bond acceptors (Lipinski definition) is 1. The third-order valence-corrected chi connectivity index (χ3v) is 2.98. The van der Waals surface area contributed by atoms with E-state index in [1.807, 2.05) is 4.68 Å². The molecule has 1 aromatic carbocycles. The molecule has 0 aliphatic rings. The molecule has 0 N–H and O–H groups in total. The molecule has 0 amide bonds. The van der Waals surface area contributed by atoms with E-state index in [0.29, 0.717) is 0 Å². The van der Waals surface area contributed by atoms with Gasteiger partial charge in [0.1, 0.15) is 0 Å². The van der Waals surface area contributed by atoms with Gasteiger partial charge in [-0.25, -0.2) is 4.68 Å². The van der Waals surface area contributed by atoms with E-state index in [1.54, 1.807) is 0 Å². The summed E-state index contributed by atoms with van der Waals surface area (Å²) in [5.74, 6) is 0. The van der Waals surface area contributed by atoms with Crippen LogP contribution in [0.2, 0.25) is 0 Å². The average molecular weight is 214 g/mol. The summed E-state index contributed by atoms with van der Waals surface area (Å²) in [6, 6.07) is 6.46. The molecule has 1 aromatic heterocycles. The smallest absolute Gasteiger partial charge is 0.0675 e. The Morgan fingerprint density at radius 2 is 1.94 bits per heavy atom. The van der Waals surface area contributed by atoms with Gasteiger partial charge >= 0.3 is 0 Å². The summed E-state index contributed by atoms with van der Waals surface area (Å²) in [5.41, 5.74) is 6.18. The van der Waals surface area contributed by atoms with Gasteiger partial charge in [-0.05, 0) is 44.4 Å². The predicted molar refractivity (Wildman–Crippen MR) is 67.2 cm³/mol. The molecule has 2 rings (SSSR count). The van der Waals surface area contributed by atoms with E-state index < -0.39 is 0 Å². The Morgan fingerprint density at radius 1 is 1.19 bits per heavy atom. The Balaban J connectivity index is 2.50. The van der Waals surface area contributed by atoms with Gasteiger partial charge in [0.15, 0.2) is 0 Å². The summed E-state index contributed by atoms with van der Waals surface area (Å²) in [6.07, 6.45) is 3.17. The van der Waals surface area contributed by atoms with Crippen LogP contribution in [0.3, 0.4) is 0 Å². The molecule has 0 radical (unpaired) electrons. The molecule has 0 bridgehead atoms. The summed E-state index contributed by atoms with van der Waals surface area (Å²) >= 11 is 0. The molecule has 84 valence electrons. The van der Waals surface area contributed by atoms with Crippen molar-refractivity contribution in [3.8, 4) is 5.69 Å².